The molecular weight excluding hydrogens is 537 g/mol. The number of amides is 2. The Balaban J connectivity index is 1.25. The molecule has 0 bridgehead atoms. The van der Waals surface area contributed by atoms with Crippen LogP contribution in [0.3, 0.4) is 0 Å². The molecule has 2 aromatic heterocycles. The van der Waals surface area contributed by atoms with Crippen molar-refractivity contribution in [1.29, 1.82) is 0 Å². The van der Waals surface area contributed by atoms with E-state index in [0.29, 0.717) is 27.0 Å². The molecule has 9 heteroatoms. The standard InChI is InChI=1S/C29H26N2O4S3/c1-35-29(34)26-22-13-12-19(18-7-3-2-4-8-18)15-24(22)38-28(26)31-25(32)17-37-21-10-5-9-20(16-21)30-27(33)23-11-6-14-36-23/h2-11,14,16,19H,12-13,15,17H2,1H3,(H,30,33)(H,31,32). The Morgan fingerprint density at radius 1 is 1.03 bits per heavy atom. The number of benzene rings is 2. The highest BCUT2D eigenvalue weighted by Gasteiger charge is 2.30. The maximum absolute atomic E-state index is 12.9. The molecule has 2 N–H and O–H groups in total. The van der Waals surface area contributed by atoms with Crippen LogP contribution in [0.25, 0.3) is 0 Å². The number of nitrogens with one attached hydrogen (secondary N) is 2. The SMILES string of the molecule is COC(=O)c1c(NC(=O)CSc2cccc(NC(=O)c3cccs3)c2)sc2c1CCC(c1ccccc1)C2. The summed E-state index contributed by atoms with van der Waals surface area (Å²) in [5.74, 6) is -0.229. The van der Waals surface area contributed by atoms with Crippen LogP contribution in [-0.2, 0) is 22.4 Å². The summed E-state index contributed by atoms with van der Waals surface area (Å²) in [5, 5.41) is 8.26. The zero-order valence-electron chi connectivity index (χ0n) is 20.7. The molecule has 2 aromatic carbocycles. The molecule has 2 amide bonds. The summed E-state index contributed by atoms with van der Waals surface area (Å²) in [6.45, 7) is 0. The molecule has 0 spiro atoms. The molecule has 4 aromatic rings. The fraction of sp³-hybridized carbons (Fsp3) is 0.207. The van der Waals surface area contributed by atoms with E-state index in [2.05, 4.69) is 34.9 Å². The molecule has 0 fully saturated rings. The fourth-order valence-electron chi connectivity index (χ4n) is 4.58. The largest absolute Gasteiger partial charge is 0.465 e. The van der Waals surface area contributed by atoms with E-state index in [-0.39, 0.29) is 17.6 Å². The lowest BCUT2D eigenvalue weighted by Gasteiger charge is -2.22. The number of thiophene rings is 2. The number of fused-ring (bicyclic) bond motifs is 1. The van der Waals surface area contributed by atoms with Crippen molar-refractivity contribution < 1.29 is 19.1 Å². The van der Waals surface area contributed by atoms with Gasteiger partial charge in [0.15, 0.2) is 0 Å². The molecule has 0 saturated heterocycles. The maximum Gasteiger partial charge on any atom is 0.341 e. The highest BCUT2D eigenvalue weighted by atomic mass is 32.2. The van der Waals surface area contributed by atoms with Gasteiger partial charge in [-0.1, -0.05) is 42.5 Å². The van der Waals surface area contributed by atoms with Crippen LogP contribution < -0.4 is 10.6 Å². The quantitative estimate of drug-likeness (QED) is 0.181. The van der Waals surface area contributed by atoms with Crippen LogP contribution in [0.1, 0.15) is 48.4 Å². The van der Waals surface area contributed by atoms with Crippen molar-refractivity contribution in [2.75, 3.05) is 23.5 Å². The topological polar surface area (TPSA) is 84.5 Å². The van der Waals surface area contributed by atoms with Crippen LogP contribution in [0.5, 0.6) is 0 Å². The first-order valence-electron chi connectivity index (χ1n) is 12.2. The van der Waals surface area contributed by atoms with Gasteiger partial charge < -0.3 is 15.4 Å². The van der Waals surface area contributed by atoms with Crippen molar-refractivity contribution in [3.63, 3.8) is 0 Å². The average Bonchev–Trinajstić information content (AvgIpc) is 3.60. The van der Waals surface area contributed by atoms with E-state index in [1.807, 2.05) is 41.8 Å². The second-order valence-corrected chi connectivity index (χ2v) is 11.9. The number of thioether (sulfide) groups is 1. The van der Waals surface area contributed by atoms with Gasteiger partial charge in [0.25, 0.3) is 5.91 Å². The number of hydrogen-bond donors (Lipinski definition) is 2. The Hall–Kier alpha value is -3.40. The molecule has 0 aliphatic heterocycles. The van der Waals surface area contributed by atoms with Crippen molar-refractivity contribution in [3.05, 3.63) is 98.6 Å². The van der Waals surface area contributed by atoms with Crippen LogP contribution in [0.2, 0.25) is 0 Å². The van der Waals surface area contributed by atoms with E-state index < -0.39 is 5.97 Å². The van der Waals surface area contributed by atoms with Gasteiger partial charge in [-0.3, -0.25) is 9.59 Å². The van der Waals surface area contributed by atoms with Crippen molar-refractivity contribution in [2.24, 2.45) is 0 Å². The molecule has 2 heterocycles. The second-order valence-electron chi connectivity index (χ2n) is 8.85. The number of hydrogen-bond acceptors (Lipinski definition) is 7. The van der Waals surface area contributed by atoms with Crippen LogP contribution in [0, 0.1) is 0 Å². The predicted octanol–water partition coefficient (Wildman–Crippen LogP) is 6.85. The minimum Gasteiger partial charge on any atom is -0.465 e. The van der Waals surface area contributed by atoms with E-state index in [1.54, 1.807) is 6.07 Å². The van der Waals surface area contributed by atoms with E-state index in [1.165, 1.54) is 47.1 Å². The summed E-state index contributed by atoms with van der Waals surface area (Å²) in [6.07, 6.45) is 2.55. The van der Waals surface area contributed by atoms with E-state index in [0.717, 1.165) is 34.6 Å². The highest BCUT2D eigenvalue weighted by molar-refractivity contribution is 8.00. The maximum atomic E-state index is 12.9. The molecule has 0 radical (unpaired) electrons. The molecule has 1 atom stereocenters. The highest BCUT2D eigenvalue weighted by Crippen LogP contribution is 2.42. The third kappa shape index (κ3) is 6.01. The summed E-state index contributed by atoms with van der Waals surface area (Å²) in [7, 11) is 1.37. The number of methoxy groups -OCH3 is 1. The molecule has 0 saturated carbocycles. The van der Waals surface area contributed by atoms with Crippen molar-refractivity contribution >= 4 is 62.9 Å². The lowest BCUT2D eigenvalue weighted by molar-refractivity contribution is -0.113. The van der Waals surface area contributed by atoms with Gasteiger partial charge >= 0.3 is 5.97 Å². The van der Waals surface area contributed by atoms with Crippen LogP contribution in [-0.4, -0.2) is 30.6 Å². The monoisotopic (exact) mass is 562 g/mol. The third-order valence-corrected chi connectivity index (χ3v) is 9.42. The van der Waals surface area contributed by atoms with Gasteiger partial charge in [-0.2, -0.15) is 0 Å². The van der Waals surface area contributed by atoms with Crippen LogP contribution in [0.4, 0.5) is 10.7 Å². The minimum absolute atomic E-state index is 0.161. The summed E-state index contributed by atoms with van der Waals surface area (Å²) >= 11 is 4.22. The number of anilines is 2. The molecule has 6 nitrogen and oxygen atoms in total. The lowest BCUT2D eigenvalue weighted by Crippen LogP contribution is -2.17. The summed E-state index contributed by atoms with van der Waals surface area (Å²) in [5.41, 5.74) is 3.43. The number of rotatable bonds is 8. The van der Waals surface area contributed by atoms with Gasteiger partial charge in [-0.25, -0.2) is 4.79 Å². The Labute approximate surface area is 233 Å². The smallest absolute Gasteiger partial charge is 0.341 e. The molecule has 5 rings (SSSR count). The van der Waals surface area contributed by atoms with Crippen molar-refractivity contribution in [3.8, 4) is 0 Å². The average molecular weight is 563 g/mol. The number of carbonyl (C=O) groups is 3. The Kier molecular flexibility index (Phi) is 8.26. The van der Waals surface area contributed by atoms with Gasteiger partial charge in [0.05, 0.1) is 23.3 Å². The third-order valence-electron chi connectivity index (χ3n) is 6.39. The van der Waals surface area contributed by atoms with Gasteiger partial charge in [-0.05, 0) is 66.0 Å². The number of ether oxygens (including phenoxy) is 1. The van der Waals surface area contributed by atoms with Gasteiger partial charge in [0, 0.05) is 15.5 Å². The lowest BCUT2D eigenvalue weighted by atomic mass is 9.83. The predicted molar refractivity (Wildman–Crippen MR) is 155 cm³/mol. The fourth-order valence-corrected chi connectivity index (χ4v) is 7.28. The Morgan fingerprint density at radius 2 is 1.87 bits per heavy atom. The second kappa shape index (κ2) is 12.0. The van der Waals surface area contributed by atoms with E-state index in [4.69, 9.17) is 4.74 Å². The summed E-state index contributed by atoms with van der Waals surface area (Å²) in [6, 6.07) is 21.4. The number of carbonyl (C=O) groups excluding carboxylic acids is 3. The van der Waals surface area contributed by atoms with Crippen molar-refractivity contribution in [2.45, 2.75) is 30.1 Å². The molecule has 1 aliphatic rings. The number of esters is 1. The van der Waals surface area contributed by atoms with Crippen LogP contribution in [0.15, 0.2) is 77.0 Å². The minimum atomic E-state index is -0.419. The first kappa shape index (κ1) is 26.2. The normalized spacial score (nSPS) is 14.4. The van der Waals surface area contributed by atoms with Crippen molar-refractivity contribution in [1.82, 2.24) is 0 Å². The van der Waals surface area contributed by atoms with Gasteiger partial charge in [-0.15, -0.1) is 34.4 Å². The van der Waals surface area contributed by atoms with E-state index >= 15 is 0 Å². The van der Waals surface area contributed by atoms with E-state index in [9.17, 15) is 14.4 Å². The molecule has 1 unspecified atom stereocenters. The zero-order chi connectivity index (χ0) is 26.5. The Bertz CT molecular complexity index is 1450. The molecular formula is C29H26N2O4S3. The first-order chi connectivity index (χ1) is 18.5. The molecule has 194 valence electrons. The molecule has 1 aliphatic carbocycles. The van der Waals surface area contributed by atoms with Crippen LogP contribution >= 0.6 is 34.4 Å². The zero-order valence-corrected chi connectivity index (χ0v) is 23.1. The first-order valence-corrected chi connectivity index (χ1v) is 14.9. The summed E-state index contributed by atoms with van der Waals surface area (Å²) < 4.78 is 5.07. The van der Waals surface area contributed by atoms with Gasteiger partial charge in [0.2, 0.25) is 5.91 Å². The van der Waals surface area contributed by atoms with Gasteiger partial charge in [0.1, 0.15) is 5.00 Å². The molecule has 38 heavy (non-hydrogen) atoms. The summed E-state index contributed by atoms with van der Waals surface area (Å²) in [4.78, 5) is 40.6. The Morgan fingerprint density at radius 3 is 2.63 bits per heavy atom.